The molecule has 27 heavy (non-hydrogen) atoms. The summed E-state index contributed by atoms with van der Waals surface area (Å²) < 4.78 is 10.9. The Bertz CT molecular complexity index is 498. The normalized spacial score (nSPS) is 19.0. The molecule has 2 fully saturated rings. The molecule has 0 spiro atoms. The number of hydrogen-bond acceptors (Lipinski definition) is 4. The number of aliphatic imine (C=N–C) groups is 1. The highest BCUT2D eigenvalue weighted by Gasteiger charge is 2.42. The maximum absolute atomic E-state index is 12.0. The zero-order chi connectivity index (χ0) is 19.2. The van der Waals surface area contributed by atoms with Crippen LogP contribution in [0.5, 0.6) is 0 Å². The lowest BCUT2D eigenvalue weighted by molar-refractivity contribution is 0.00700. The fraction of sp³-hybridized carbons (Fsp3) is 0.895. The molecule has 1 aliphatic heterocycles. The van der Waals surface area contributed by atoms with Gasteiger partial charge in [0.25, 0.3) is 0 Å². The molecule has 1 amide bonds. The molecule has 1 saturated carbocycles. The van der Waals surface area contributed by atoms with Crippen LogP contribution in [0.4, 0.5) is 4.79 Å². The Labute approximate surface area is 181 Å². The predicted octanol–water partition coefficient (Wildman–Crippen LogP) is 2.99. The van der Waals surface area contributed by atoms with Crippen molar-refractivity contribution >= 4 is 36.0 Å². The van der Waals surface area contributed by atoms with Crippen molar-refractivity contribution in [3.05, 3.63) is 0 Å². The number of likely N-dealkylation sites (tertiary alicyclic amines) is 1. The van der Waals surface area contributed by atoms with Crippen molar-refractivity contribution in [3.63, 3.8) is 0 Å². The van der Waals surface area contributed by atoms with Crippen LogP contribution >= 0.6 is 24.0 Å². The van der Waals surface area contributed by atoms with E-state index in [1.807, 2.05) is 27.7 Å². The number of hydrogen-bond donors (Lipinski definition) is 2. The number of amides is 1. The molecule has 2 N–H and O–H groups in total. The third-order valence-electron chi connectivity index (χ3n) is 4.73. The van der Waals surface area contributed by atoms with Gasteiger partial charge in [-0.3, -0.25) is 4.99 Å². The topological polar surface area (TPSA) is 75.2 Å². The van der Waals surface area contributed by atoms with Gasteiger partial charge in [0.1, 0.15) is 5.60 Å². The van der Waals surface area contributed by atoms with Gasteiger partial charge in [0.15, 0.2) is 5.96 Å². The number of halogens is 1. The van der Waals surface area contributed by atoms with Gasteiger partial charge in [-0.1, -0.05) is 0 Å². The smallest absolute Gasteiger partial charge is 0.410 e. The first-order chi connectivity index (χ1) is 12.3. The van der Waals surface area contributed by atoms with Crippen molar-refractivity contribution < 1.29 is 14.3 Å². The van der Waals surface area contributed by atoms with Crippen molar-refractivity contribution in [1.29, 1.82) is 0 Å². The van der Waals surface area contributed by atoms with Gasteiger partial charge in [0.2, 0.25) is 0 Å². The van der Waals surface area contributed by atoms with E-state index in [2.05, 4.69) is 17.6 Å². The maximum Gasteiger partial charge on any atom is 0.410 e. The van der Waals surface area contributed by atoms with E-state index in [0.717, 1.165) is 38.7 Å². The zero-order valence-electron chi connectivity index (χ0n) is 17.5. The third kappa shape index (κ3) is 8.41. The van der Waals surface area contributed by atoms with E-state index in [1.165, 1.54) is 12.8 Å². The number of guanidine groups is 1. The Kier molecular flexibility index (Phi) is 9.61. The first kappa shape index (κ1) is 24.3. The second kappa shape index (κ2) is 10.7. The second-order valence-electron chi connectivity index (χ2n) is 8.37. The van der Waals surface area contributed by atoms with Gasteiger partial charge in [-0.15, -0.1) is 24.0 Å². The lowest BCUT2D eigenvalue weighted by Gasteiger charge is -2.40. The van der Waals surface area contributed by atoms with Crippen LogP contribution in [0.3, 0.4) is 0 Å². The number of carbonyl (C=O) groups excluding carboxylic acids is 1. The highest BCUT2D eigenvalue weighted by Crippen LogP contribution is 2.49. The van der Waals surface area contributed by atoms with Crippen LogP contribution in [-0.4, -0.2) is 68.0 Å². The standard InChI is InChI=1S/C19H36N4O3.HI/c1-6-20-16(21-14-19(8-9-19)10-11-25-7-2)22-15-12-23(13-15)17(24)26-18(3,4)5;/h15H,6-14H2,1-5H3,(H2,20,21,22);1H. The first-order valence-electron chi connectivity index (χ1n) is 9.87. The molecule has 0 aromatic carbocycles. The molecule has 0 atom stereocenters. The molecule has 2 aliphatic rings. The molecule has 7 nitrogen and oxygen atoms in total. The highest BCUT2D eigenvalue weighted by molar-refractivity contribution is 14.0. The molecule has 0 aromatic rings. The van der Waals surface area contributed by atoms with Crippen LogP contribution in [0.15, 0.2) is 4.99 Å². The lowest BCUT2D eigenvalue weighted by atomic mass is 10.0. The van der Waals surface area contributed by atoms with Crippen LogP contribution in [0.25, 0.3) is 0 Å². The molecule has 0 radical (unpaired) electrons. The number of nitrogens with one attached hydrogen (secondary N) is 2. The number of nitrogens with zero attached hydrogens (tertiary/aromatic N) is 2. The van der Waals surface area contributed by atoms with E-state index in [-0.39, 0.29) is 36.1 Å². The zero-order valence-corrected chi connectivity index (χ0v) is 19.8. The van der Waals surface area contributed by atoms with Crippen LogP contribution in [0.2, 0.25) is 0 Å². The second-order valence-corrected chi connectivity index (χ2v) is 8.37. The molecule has 8 heteroatoms. The maximum atomic E-state index is 12.0. The number of rotatable bonds is 8. The van der Waals surface area contributed by atoms with Crippen molar-refractivity contribution in [2.24, 2.45) is 10.4 Å². The molecule has 0 unspecified atom stereocenters. The fourth-order valence-electron chi connectivity index (χ4n) is 2.90. The van der Waals surface area contributed by atoms with Gasteiger partial charge in [0.05, 0.1) is 6.04 Å². The van der Waals surface area contributed by atoms with Crippen LogP contribution < -0.4 is 10.6 Å². The average Bonchev–Trinajstić information content (AvgIpc) is 3.26. The predicted molar refractivity (Wildman–Crippen MR) is 119 cm³/mol. The van der Waals surface area contributed by atoms with E-state index in [0.29, 0.717) is 18.5 Å². The van der Waals surface area contributed by atoms with Crippen molar-refractivity contribution in [2.75, 3.05) is 39.4 Å². The Balaban J connectivity index is 0.00000364. The fourth-order valence-corrected chi connectivity index (χ4v) is 2.90. The molecule has 2 rings (SSSR count). The lowest BCUT2D eigenvalue weighted by Crippen LogP contribution is -2.63. The van der Waals surface area contributed by atoms with E-state index >= 15 is 0 Å². The average molecular weight is 496 g/mol. The molecule has 1 saturated heterocycles. The van der Waals surface area contributed by atoms with Crippen LogP contribution in [0, 0.1) is 5.41 Å². The number of carbonyl (C=O) groups is 1. The Morgan fingerprint density at radius 3 is 2.44 bits per heavy atom. The van der Waals surface area contributed by atoms with Gasteiger partial charge < -0.3 is 25.0 Å². The molecule has 1 heterocycles. The summed E-state index contributed by atoms with van der Waals surface area (Å²) in [5.74, 6) is 0.837. The van der Waals surface area contributed by atoms with Gasteiger partial charge in [-0.25, -0.2) is 4.79 Å². The van der Waals surface area contributed by atoms with Crippen molar-refractivity contribution in [1.82, 2.24) is 15.5 Å². The molecule has 158 valence electrons. The van der Waals surface area contributed by atoms with Gasteiger partial charge >= 0.3 is 6.09 Å². The molecule has 0 bridgehead atoms. The highest BCUT2D eigenvalue weighted by atomic mass is 127. The van der Waals surface area contributed by atoms with E-state index in [9.17, 15) is 4.79 Å². The minimum absolute atomic E-state index is 0. The third-order valence-corrected chi connectivity index (χ3v) is 4.73. The Morgan fingerprint density at radius 1 is 1.26 bits per heavy atom. The summed E-state index contributed by atoms with van der Waals surface area (Å²) in [5.41, 5.74) is -0.119. The van der Waals surface area contributed by atoms with Gasteiger partial charge in [0, 0.05) is 39.4 Å². The van der Waals surface area contributed by atoms with Crippen LogP contribution in [-0.2, 0) is 9.47 Å². The largest absolute Gasteiger partial charge is 0.444 e. The SMILES string of the molecule is CCNC(=NCC1(CCOCC)CC1)NC1CN(C(=O)OC(C)(C)C)C1.I. The van der Waals surface area contributed by atoms with Crippen LogP contribution in [0.1, 0.15) is 53.9 Å². The first-order valence-corrected chi connectivity index (χ1v) is 9.87. The monoisotopic (exact) mass is 496 g/mol. The minimum Gasteiger partial charge on any atom is -0.444 e. The summed E-state index contributed by atoms with van der Waals surface area (Å²) in [7, 11) is 0. The van der Waals surface area contributed by atoms with E-state index < -0.39 is 5.60 Å². The molecule has 1 aliphatic carbocycles. The van der Waals surface area contributed by atoms with Crippen molar-refractivity contribution in [3.8, 4) is 0 Å². The summed E-state index contributed by atoms with van der Waals surface area (Å²) in [6.07, 6.45) is 3.31. The summed E-state index contributed by atoms with van der Waals surface area (Å²) in [5, 5.41) is 6.73. The molecule has 0 aromatic heterocycles. The Morgan fingerprint density at radius 2 is 1.93 bits per heavy atom. The van der Waals surface area contributed by atoms with Gasteiger partial charge in [-0.2, -0.15) is 0 Å². The minimum atomic E-state index is -0.452. The summed E-state index contributed by atoms with van der Waals surface area (Å²) in [6, 6.07) is 0.221. The summed E-state index contributed by atoms with van der Waals surface area (Å²) in [6.45, 7) is 14.3. The summed E-state index contributed by atoms with van der Waals surface area (Å²) in [4.78, 5) is 18.5. The molecular weight excluding hydrogens is 459 g/mol. The number of ether oxygens (including phenoxy) is 2. The van der Waals surface area contributed by atoms with E-state index in [4.69, 9.17) is 14.5 Å². The summed E-state index contributed by atoms with van der Waals surface area (Å²) >= 11 is 0. The van der Waals surface area contributed by atoms with Crippen molar-refractivity contribution in [2.45, 2.75) is 65.5 Å². The van der Waals surface area contributed by atoms with E-state index in [1.54, 1.807) is 4.90 Å². The molecular formula is C19H37IN4O3. The van der Waals surface area contributed by atoms with Gasteiger partial charge in [-0.05, 0) is 59.3 Å². The quantitative estimate of drug-likeness (QED) is 0.234. The Hall–Kier alpha value is -0.770.